The number of hydrogen-bond acceptors (Lipinski definition) is 5. The Morgan fingerprint density at radius 1 is 1.47 bits per heavy atom. The summed E-state index contributed by atoms with van der Waals surface area (Å²) in [6.45, 7) is 3.65. The van der Waals surface area contributed by atoms with Crippen LogP contribution in [0.2, 0.25) is 0 Å². The molecule has 0 unspecified atom stereocenters. The Bertz CT molecular complexity index is 465. The number of aromatic nitrogens is 4. The molecule has 0 spiro atoms. The Balaban J connectivity index is 2.36. The number of aryl methyl sites for hydroxylation is 1. The Morgan fingerprint density at radius 3 is 2.67 bits per heavy atom. The highest BCUT2D eigenvalue weighted by molar-refractivity contribution is 5.49. The quantitative estimate of drug-likeness (QED) is 0.782. The van der Waals surface area contributed by atoms with E-state index >= 15 is 0 Å². The van der Waals surface area contributed by atoms with Gasteiger partial charge in [0.15, 0.2) is 5.82 Å². The van der Waals surface area contributed by atoms with Crippen molar-refractivity contribution < 1.29 is 4.52 Å². The molecule has 0 saturated carbocycles. The molecule has 2 heterocycles. The highest BCUT2D eigenvalue weighted by Gasteiger charge is 2.22. The zero-order valence-corrected chi connectivity index (χ0v) is 8.93. The number of nitrogens with two attached hydrogens (primary N) is 1. The molecular formula is C9H13N5O. The van der Waals surface area contributed by atoms with Crippen molar-refractivity contribution in [3.8, 4) is 11.5 Å². The third-order valence-corrected chi connectivity index (χ3v) is 1.95. The van der Waals surface area contributed by atoms with Crippen LogP contribution in [0.5, 0.6) is 0 Å². The Morgan fingerprint density at radius 2 is 2.20 bits per heavy atom. The van der Waals surface area contributed by atoms with Crippen LogP contribution in [0.3, 0.4) is 0 Å². The zero-order valence-electron chi connectivity index (χ0n) is 8.93. The SMILES string of the molecule is Cn1cc(-c2nc(C(C)(C)N)no2)cn1. The second-order valence-electron chi connectivity index (χ2n) is 4.05. The molecule has 0 aromatic carbocycles. The van der Waals surface area contributed by atoms with Gasteiger partial charge in [0.2, 0.25) is 0 Å². The summed E-state index contributed by atoms with van der Waals surface area (Å²) in [7, 11) is 1.83. The smallest absolute Gasteiger partial charge is 0.261 e. The lowest BCUT2D eigenvalue weighted by atomic mass is 10.1. The fraction of sp³-hybridized carbons (Fsp3) is 0.444. The zero-order chi connectivity index (χ0) is 11.1. The summed E-state index contributed by atoms with van der Waals surface area (Å²) in [4.78, 5) is 4.21. The molecular weight excluding hydrogens is 194 g/mol. The molecule has 0 radical (unpaired) electrons. The van der Waals surface area contributed by atoms with Gasteiger partial charge >= 0.3 is 0 Å². The molecule has 2 aromatic heterocycles. The molecule has 0 aliphatic carbocycles. The highest BCUT2D eigenvalue weighted by atomic mass is 16.5. The molecule has 0 amide bonds. The number of nitrogens with zero attached hydrogens (tertiary/aromatic N) is 4. The van der Waals surface area contributed by atoms with E-state index in [9.17, 15) is 0 Å². The van der Waals surface area contributed by atoms with E-state index in [2.05, 4.69) is 15.2 Å². The average Bonchev–Trinajstić information content (AvgIpc) is 2.69. The molecule has 6 heteroatoms. The second-order valence-corrected chi connectivity index (χ2v) is 4.05. The number of hydrogen-bond donors (Lipinski definition) is 1. The van der Waals surface area contributed by atoms with Crippen molar-refractivity contribution in [3.05, 3.63) is 18.2 Å². The summed E-state index contributed by atoms with van der Waals surface area (Å²) in [6, 6.07) is 0. The van der Waals surface area contributed by atoms with Gasteiger partial charge in [-0.1, -0.05) is 5.16 Å². The van der Waals surface area contributed by atoms with Crippen molar-refractivity contribution in [1.82, 2.24) is 19.9 Å². The minimum atomic E-state index is -0.593. The molecule has 0 aliphatic rings. The van der Waals surface area contributed by atoms with E-state index in [-0.39, 0.29) is 0 Å². The predicted molar refractivity (Wildman–Crippen MR) is 53.7 cm³/mol. The van der Waals surface area contributed by atoms with Crippen molar-refractivity contribution >= 4 is 0 Å². The third kappa shape index (κ3) is 1.89. The maximum Gasteiger partial charge on any atom is 0.261 e. The van der Waals surface area contributed by atoms with Gasteiger partial charge in [-0.25, -0.2) is 0 Å². The molecule has 2 rings (SSSR count). The highest BCUT2D eigenvalue weighted by Crippen LogP contribution is 2.19. The largest absolute Gasteiger partial charge is 0.334 e. The van der Waals surface area contributed by atoms with Crippen LogP contribution in [0, 0.1) is 0 Å². The van der Waals surface area contributed by atoms with Crippen LogP contribution in [-0.4, -0.2) is 19.9 Å². The van der Waals surface area contributed by atoms with Gasteiger partial charge in [-0.05, 0) is 13.8 Å². The van der Waals surface area contributed by atoms with E-state index in [4.69, 9.17) is 10.3 Å². The third-order valence-electron chi connectivity index (χ3n) is 1.95. The maximum absolute atomic E-state index is 5.85. The Kier molecular flexibility index (Phi) is 2.08. The molecule has 2 aromatic rings. The molecule has 0 bridgehead atoms. The molecule has 80 valence electrons. The van der Waals surface area contributed by atoms with E-state index in [1.807, 2.05) is 20.9 Å². The molecule has 0 atom stereocenters. The van der Waals surface area contributed by atoms with Gasteiger partial charge in [0.1, 0.15) is 0 Å². The molecule has 2 N–H and O–H groups in total. The molecule has 0 fully saturated rings. The van der Waals surface area contributed by atoms with Crippen LogP contribution < -0.4 is 5.73 Å². The van der Waals surface area contributed by atoms with Gasteiger partial charge in [0.05, 0.1) is 17.3 Å². The Labute approximate surface area is 87.1 Å². The lowest BCUT2D eigenvalue weighted by molar-refractivity contribution is 0.397. The standard InChI is InChI=1S/C9H13N5O/c1-9(2,10)8-12-7(15-13-8)6-4-11-14(3)5-6/h4-5H,10H2,1-3H3. The van der Waals surface area contributed by atoms with Crippen molar-refractivity contribution in [3.63, 3.8) is 0 Å². The van der Waals surface area contributed by atoms with E-state index in [0.29, 0.717) is 11.7 Å². The van der Waals surface area contributed by atoms with Gasteiger partial charge in [-0.2, -0.15) is 10.1 Å². The van der Waals surface area contributed by atoms with Crippen LogP contribution in [0.25, 0.3) is 11.5 Å². The number of rotatable bonds is 2. The second kappa shape index (κ2) is 3.16. The topological polar surface area (TPSA) is 82.8 Å². The van der Waals surface area contributed by atoms with Gasteiger partial charge in [-0.15, -0.1) is 0 Å². The van der Waals surface area contributed by atoms with Crippen molar-refractivity contribution in [2.24, 2.45) is 12.8 Å². The maximum atomic E-state index is 5.85. The van der Waals surface area contributed by atoms with Crippen LogP contribution in [0.4, 0.5) is 0 Å². The summed E-state index contributed by atoms with van der Waals surface area (Å²) in [5.41, 5.74) is 6.05. The summed E-state index contributed by atoms with van der Waals surface area (Å²) < 4.78 is 6.77. The first-order valence-electron chi connectivity index (χ1n) is 4.59. The molecule has 0 saturated heterocycles. The average molecular weight is 207 g/mol. The van der Waals surface area contributed by atoms with Gasteiger partial charge in [-0.3, -0.25) is 4.68 Å². The molecule has 6 nitrogen and oxygen atoms in total. The Hall–Kier alpha value is -1.69. The van der Waals surface area contributed by atoms with E-state index in [1.54, 1.807) is 17.1 Å². The van der Waals surface area contributed by atoms with Gasteiger partial charge in [0, 0.05) is 13.2 Å². The van der Waals surface area contributed by atoms with E-state index in [0.717, 1.165) is 5.56 Å². The summed E-state index contributed by atoms with van der Waals surface area (Å²) >= 11 is 0. The fourth-order valence-corrected chi connectivity index (χ4v) is 1.13. The van der Waals surface area contributed by atoms with Crippen molar-refractivity contribution in [2.75, 3.05) is 0 Å². The summed E-state index contributed by atoms with van der Waals surface area (Å²) in [5, 5.41) is 7.85. The van der Waals surface area contributed by atoms with E-state index in [1.165, 1.54) is 0 Å². The summed E-state index contributed by atoms with van der Waals surface area (Å²) in [5.74, 6) is 0.929. The fourth-order valence-electron chi connectivity index (χ4n) is 1.13. The summed E-state index contributed by atoms with van der Waals surface area (Å²) in [6.07, 6.45) is 3.47. The minimum absolute atomic E-state index is 0.441. The van der Waals surface area contributed by atoms with Crippen LogP contribution in [0.15, 0.2) is 16.9 Å². The first kappa shape index (κ1) is 9.85. The predicted octanol–water partition coefficient (Wildman–Crippen LogP) is 0.664. The van der Waals surface area contributed by atoms with Crippen molar-refractivity contribution in [2.45, 2.75) is 19.4 Å². The lowest BCUT2D eigenvalue weighted by Crippen LogP contribution is -2.30. The van der Waals surface area contributed by atoms with Crippen LogP contribution in [-0.2, 0) is 12.6 Å². The lowest BCUT2D eigenvalue weighted by Gasteiger charge is -2.11. The van der Waals surface area contributed by atoms with Gasteiger partial charge < -0.3 is 10.3 Å². The first-order chi connectivity index (χ1) is 6.97. The minimum Gasteiger partial charge on any atom is -0.334 e. The van der Waals surface area contributed by atoms with Crippen LogP contribution in [0.1, 0.15) is 19.7 Å². The van der Waals surface area contributed by atoms with Crippen molar-refractivity contribution in [1.29, 1.82) is 0 Å². The van der Waals surface area contributed by atoms with E-state index < -0.39 is 5.54 Å². The van der Waals surface area contributed by atoms with Gasteiger partial charge in [0.25, 0.3) is 5.89 Å². The normalized spacial score (nSPS) is 12.0. The molecule has 0 aliphatic heterocycles. The molecule has 15 heavy (non-hydrogen) atoms. The van der Waals surface area contributed by atoms with Crippen LogP contribution >= 0.6 is 0 Å². The first-order valence-corrected chi connectivity index (χ1v) is 4.59. The monoisotopic (exact) mass is 207 g/mol.